The Balaban J connectivity index is 2.00. The summed E-state index contributed by atoms with van der Waals surface area (Å²) < 4.78 is 12.2. The fourth-order valence-electron chi connectivity index (χ4n) is 3.90. The fraction of sp³-hybridized carbons (Fsp3) is 0.261. The van der Waals surface area contributed by atoms with E-state index in [1.807, 2.05) is 19.1 Å². The number of nitrogens with zero attached hydrogens (tertiary/aromatic N) is 3. The van der Waals surface area contributed by atoms with Gasteiger partial charge in [0.2, 0.25) is 11.1 Å². The van der Waals surface area contributed by atoms with Gasteiger partial charge >= 0.3 is 17.2 Å². The maximum Gasteiger partial charge on any atom is 0.325 e. The second kappa shape index (κ2) is 9.07. The number of rotatable bonds is 5. The van der Waals surface area contributed by atoms with Crippen LogP contribution in [0.3, 0.4) is 0 Å². The number of benzene rings is 2. The number of aromatic amines is 1. The molecule has 3 aromatic rings. The minimum absolute atomic E-state index is 0.222. The van der Waals surface area contributed by atoms with Crippen molar-refractivity contribution in [3.8, 4) is 22.8 Å². The Morgan fingerprint density at radius 3 is 2.61 bits per heavy atom. The quantitative estimate of drug-likeness (QED) is 0.266. The number of methoxy groups -OCH3 is 1. The summed E-state index contributed by atoms with van der Waals surface area (Å²) in [5, 5.41) is 5.13. The lowest BCUT2D eigenvalue weighted by molar-refractivity contribution is -0.763. The number of nitrogens with one attached hydrogen (secondary N) is 1. The topological polar surface area (TPSA) is 105 Å². The van der Waals surface area contributed by atoms with Gasteiger partial charge in [0.15, 0.2) is 11.5 Å². The van der Waals surface area contributed by atoms with Crippen molar-refractivity contribution in [2.45, 2.75) is 32.1 Å². The molecule has 0 aliphatic carbocycles. The SMILES string of the molecule is CCSc1n[n+]2c(c(=O)[nH]1)-c1ccccc1N(C(C)=O)[C@@H]2c1ccc(OC(C)=O)c(OC)c1. The number of H-pyrrole nitrogens is 1. The first-order valence-corrected chi connectivity index (χ1v) is 11.3. The maximum atomic E-state index is 13.2. The Kier molecular flexibility index (Phi) is 6.19. The van der Waals surface area contributed by atoms with Crippen molar-refractivity contribution in [1.82, 2.24) is 10.1 Å². The molecule has 0 saturated heterocycles. The zero-order valence-corrected chi connectivity index (χ0v) is 19.4. The lowest BCUT2D eigenvalue weighted by Crippen LogP contribution is -2.60. The van der Waals surface area contributed by atoms with Gasteiger partial charge in [-0.3, -0.25) is 19.4 Å². The summed E-state index contributed by atoms with van der Waals surface area (Å²) in [4.78, 5) is 42.0. The zero-order chi connectivity index (χ0) is 23.7. The average Bonchev–Trinajstić information content (AvgIpc) is 2.78. The van der Waals surface area contributed by atoms with Gasteiger partial charge < -0.3 is 9.47 Å². The van der Waals surface area contributed by atoms with Crippen molar-refractivity contribution in [3.05, 3.63) is 58.4 Å². The van der Waals surface area contributed by atoms with Gasteiger partial charge in [-0.25, -0.2) is 4.90 Å². The number of fused-ring (bicyclic) bond motifs is 3. The second-order valence-electron chi connectivity index (χ2n) is 7.27. The fourth-order valence-corrected chi connectivity index (χ4v) is 4.48. The molecule has 1 aliphatic rings. The molecular formula is C23H23N4O5S+. The lowest BCUT2D eigenvalue weighted by Gasteiger charge is -2.31. The van der Waals surface area contributed by atoms with Crippen LogP contribution >= 0.6 is 11.8 Å². The molecule has 1 amide bonds. The van der Waals surface area contributed by atoms with E-state index in [4.69, 9.17) is 9.47 Å². The molecule has 0 saturated carbocycles. The third-order valence-corrected chi connectivity index (χ3v) is 5.86. The van der Waals surface area contributed by atoms with Crippen LogP contribution in [0.2, 0.25) is 0 Å². The molecule has 0 spiro atoms. The number of carbonyl (C=O) groups excluding carboxylic acids is 2. The van der Waals surface area contributed by atoms with E-state index >= 15 is 0 Å². The first kappa shape index (κ1) is 22.5. The molecule has 1 aromatic heterocycles. The average molecular weight is 468 g/mol. The van der Waals surface area contributed by atoms with Crippen LogP contribution in [0.4, 0.5) is 5.69 Å². The van der Waals surface area contributed by atoms with E-state index in [0.29, 0.717) is 39.2 Å². The highest BCUT2D eigenvalue weighted by Crippen LogP contribution is 2.39. The molecule has 0 radical (unpaired) electrons. The highest BCUT2D eigenvalue weighted by atomic mass is 32.2. The van der Waals surface area contributed by atoms with Crippen molar-refractivity contribution in [2.24, 2.45) is 0 Å². The number of hydrogen-bond donors (Lipinski definition) is 1. The number of para-hydroxylation sites is 1. The van der Waals surface area contributed by atoms with Crippen LogP contribution in [0.1, 0.15) is 32.5 Å². The van der Waals surface area contributed by atoms with Crippen LogP contribution in [0.5, 0.6) is 11.5 Å². The van der Waals surface area contributed by atoms with Gasteiger partial charge in [0.05, 0.1) is 18.4 Å². The first-order chi connectivity index (χ1) is 15.8. The predicted molar refractivity (Wildman–Crippen MR) is 122 cm³/mol. The minimum Gasteiger partial charge on any atom is -0.493 e. The van der Waals surface area contributed by atoms with E-state index in [-0.39, 0.29) is 17.2 Å². The van der Waals surface area contributed by atoms with E-state index in [1.54, 1.807) is 39.9 Å². The summed E-state index contributed by atoms with van der Waals surface area (Å²) >= 11 is 1.39. The maximum absolute atomic E-state index is 13.2. The van der Waals surface area contributed by atoms with Gasteiger partial charge in [0, 0.05) is 24.5 Å². The van der Waals surface area contributed by atoms with Gasteiger partial charge in [-0.05, 0) is 40.8 Å². The third kappa shape index (κ3) is 4.09. The molecule has 1 aliphatic heterocycles. The Bertz CT molecular complexity index is 1310. The number of anilines is 1. The van der Waals surface area contributed by atoms with Crippen LogP contribution in [0.15, 0.2) is 52.4 Å². The Labute approximate surface area is 194 Å². The van der Waals surface area contributed by atoms with Gasteiger partial charge in [-0.15, -0.1) is 0 Å². The largest absolute Gasteiger partial charge is 0.493 e. The van der Waals surface area contributed by atoms with Crippen LogP contribution < -0.4 is 24.6 Å². The van der Waals surface area contributed by atoms with Crippen LogP contribution in [0.25, 0.3) is 11.3 Å². The second-order valence-corrected chi connectivity index (χ2v) is 8.52. The first-order valence-electron chi connectivity index (χ1n) is 10.3. The van der Waals surface area contributed by atoms with E-state index < -0.39 is 12.1 Å². The van der Waals surface area contributed by atoms with Gasteiger partial charge in [-0.2, -0.15) is 0 Å². The highest BCUT2D eigenvalue weighted by Gasteiger charge is 2.45. The Hall–Kier alpha value is -3.66. The molecular weight excluding hydrogens is 444 g/mol. The molecule has 170 valence electrons. The normalized spacial score (nSPS) is 14.3. The smallest absolute Gasteiger partial charge is 0.325 e. The van der Waals surface area contributed by atoms with Crippen molar-refractivity contribution in [1.29, 1.82) is 0 Å². The Morgan fingerprint density at radius 2 is 1.94 bits per heavy atom. The lowest BCUT2D eigenvalue weighted by atomic mass is 10.0. The monoisotopic (exact) mass is 467 g/mol. The van der Waals surface area contributed by atoms with Crippen molar-refractivity contribution >= 4 is 29.3 Å². The van der Waals surface area contributed by atoms with Gasteiger partial charge in [0.25, 0.3) is 6.17 Å². The number of aromatic nitrogens is 3. The summed E-state index contributed by atoms with van der Waals surface area (Å²) in [5.41, 5.74) is 1.88. The summed E-state index contributed by atoms with van der Waals surface area (Å²) in [6, 6.07) is 12.2. The number of esters is 1. The standard InChI is InChI=1S/C23H22N4O5S/c1-5-33-23-24-21(30)20-16-8-6-7-9-17(16)26(13(2)28)22(27(20)25-23)15-10-11-18(32-14(3)29)19(12-15)31-4/h6-12,22H,5H2,1-4H3/p+1/t22-/m0/s1. The van der Waals surface area contributed by atoms with Crippen molar-refractivity contribution in [3.63, 3.8) is 0 Å². The molecule has 33 heavy (non-hydrogen) atoms. The van der Waals surface area contributed by atoms with E-state index in [9.17, 15) is 14.4 Å². The molecule has 2 heterocycles. The number of carbonyl (C=O) groups is 2. The molecule has 10 heteroatoms. The van der Waals surface area contributed by atoms with Crippen LogP contribution in [0, 0.1) is 0 Å². The molecule has 4 rings (SSSR count). The Morgan fingerprint density at radius 1 is 1.18 bits per heavy atom. The molecule has 2 aromatic carbocycles. The number of ether oxygens (including phenoxy) is 2. The number of amides is 1. The van der Waals surface area contributed by atoms with Crippen LogP contribution in [-0.2, 0) is 9.59 Å². The molecule has 1 atom stereocenters. The van der Waals surface area contributed by atoms with E-state index in [2.05, 4.69) is 10.1 Å². The number of hydrogen-bond acceptors (Lipinski definition) is 7. The number of thioether (sulfide) groups is 1. The summed E-state index contributed by atoms with van der Waals surface area (Å²) in [6.45, 7) is 4.73. The predicted octanol–water partition coefficient (Wildman–Crippen LogP) is 2.68. The summed E-state index contributed by atoms with van der Waals surface area (Å²) in [6.07, 6.45) is -0.758. The molecule has 0 bridgehead atoms. The van der Waals surface area contributed by atoms with Crippen molar-refractivity contribution in [2.75, 3.05) is 17.8 Å². The summed E-state index contributed by atoms with van der Waals surface area (Å²) in [7, 11) is 1.46. The van der Waals surface area contributed by atoms with E-state index in [1.165, 1.54) is 32.7 Å². The molecule has 0 fully saturated rings. The van der Waals surface area contributed by atoms with Crippen LogP contribution in [-0.4, -0.2) is 34.8 Å². The minimum atomic E-state index is -0.758. The highest BCUT2D eigenvalue weighted by molar-refractivity contribution is 7.99. The summed E-state index contributed by atoms with van der Waals surface area (Å²) in [5.74, 6) is 0.587. The third-order valence-electron chi connectivity index (χ3n) is 5.12. The van der Waals surface area contributed by atoms with E-state index in [0.717, 1.165) is 0 Å². The van der Waals surface area contributed by atoms with Crippen molar-refractivity contribution < 1.29 is 23.7 Å². The van der Waals surface area contributed by atoms with Gasteiger partial charge in [0.1, 0.15) is 0 Å². The molecule has 9 nitrogen and oxygen atoms in total. The zero-order valence-electron chi connectivity index (χ0n) is 18.6. The molecule has 1 N–H and O–H groups in total. The molecule has 0 unspecified atom stereocenters. The van der Waals surface area contributed by atoms with Gasteiger partial charge in [-0.1, -0.05) is 30.8 Å².